The third-order valence-corrected chi connectivity index (χ3v) is 4.05. The maximum absolute atomic E-state index is 5.57. The Morgan fingerprint density at radius 3 is 3.06 bits per heavy atom. The second kappa shape index (κ2) is 4.48. The zero-order valence-electron chi connectivity index (χ0n) is 10.6. The highest BCUT2D eigenvalue weighted by atomic mass is 32.1. The number of aromatic amines is 1. The number of hydrogen-bond donors (Lipinski definition) is 1. The molecule has 2 aromatic rings. The molecule has 0 aliphatic heterocycles. The molecule has 96 valence electrons. The predicted octanol–water partition coefficient (Wildman–Crippen LogP) is 3.14. The van der Waals surface area contributed by atoms with Crippen LogP contribution in [0.3, 0.4) is 0 Å². The molecular formula is C13H17N3OS. The van der Waals surface area contributed by atoms with Crippen molar-refractivity contribution in [3.8, 4) is 0 Å². The molecule has 1 aliphatic rings. The van der Waals surface area contributed by atoms with Gasteiger partial charge in [0.15, 0.2) is 10.4 Å². The number of imidazole rings is 1. The minimum atomic E-state index is 0.248. The molecule has 2 unspecified atom stereocenters. The molecule has 1 N–H and O–H groups in total. The molecule has 0 amide bonds. The van der Waals surface area contributed by atoms with E-state index in [0.717, 1.165) is 34.5 Å². The van der Waals surface area contributed by atoms with E-state index in [0.29, 0.717) is 6.04 Å². The molecule has 0 bridgehead atoms. The highest BCUT2D eigenvalue weighted by molar-refractivity contribution is 7.71. The minimum Gasteiger partial charge on any atom is -0.379 e. The molecular weight excluding hydrogens is 246 g/mol. The fraction of sp³-hybridized carbons (Fsp3) is 0.538. The summed E-state index contributed by atoms with van der Waals surface area (Å²) in [6.45, 7) is 2.00. The fourth-order valence-electron chi connectivity index (χ4n) is 2.88. The first-order valence-electron chi connectivity index (χ1n) is 6.31. The Kier molecular flexibility index (Phi) is 2.95. The number of aromatic nitrogens is 3. The van der Waals surface area contributed by atoms with E-state index >= 15 is 0 Å². The number of methoxy groups -OCH3 is 1. The van der Waals surface area contributed by atoms with Crippen molar-refractivity contribution < 1.29 is 4.74 Å². The molecule has 0 aromatic carbocycles. The van der Waals surface area contributed by atoms with Crippen LogP contribution in [0.5, 0.6) is 0 Å². The van der Waals surface area contributed by atoms with Crippen LogP contribution in [0.25, 0.3) is 11.2 Å². The van der Waals surface area contributed by atoms with Gasteiger partial charge in [-0.15, -0.1) is 0 Å². The normalized spacial score (nSPS) is 23.9. The number of ether oxygens (including phenoxy) is 1. The summed E-state index contributed by atoms with van der Waals surface area (Å²) in [7, 11) is 1.78. The first-order chi connectivity index (χ1) is 8.70. The van der Waals surface area contributed by atoms with Crippen molar-refractivity contribution in [3.05, 3.63) is 22.6 Å². The predicted molar refractivity (Wildman–Crippen MR) is 73.3 cm³/mol. The molecule has 18 heavy (non-hydrogen) atoms. The average Bonchev–Trinajstić information content (AvgIpc) is 2.91. The molecule has 0 spiro atoms. The monoisotopic (exact) mass is 263 g/mol. The number of rotatable bonds is 2. The van der Waals surface area contributed by atoms with Crippen LogP contribution in [0.2, 0.25) is 0 Å². The van der Waals surface area contributed by atoms with Crippen LogP contribution in [-0.4, -0.2) is 27.7 Å². The van der Waals surface area contributed by atoms with E-state index < -0.39 is 0 Å². The number of hydrogen-bond acceptors (Lipinski definition) is 3. The van der Waals surface area contributed by atoms with Crippen molar-refractivity contribution in [3.63, 3.8) is 0 Å². The molecule has 2 heterocycles. The topological polar surface area (TPSA) is 42.8 Å². The molecule has 2 atom stereocenters. The van der Waals surface area contributed by atoms with E-state index in [2.05, 4.69) is 14.5 Å². The Bertz CT molecular complexity index is 631. The van der Waals surface area contributed by atoms with Crippen molar-refractivity contribution in [2.75, 3.05) is 7.11 Å². The van der Waals surface area contributed by atoms with Gasteiger partial charge < -0.3 is 9.72 Å². The summed E-state index contributed by atoms with van der Waals surface area (Å²) in [6, 6.07) is 4.35. The third-order valence-electron chi connectivity index (χ3n) is 3.76. The van der Waals surface area contributed by atoms with Gasteiger partial charge in [-0.3, -0.25) is 4.57 Å². The van der Waals surface area contributed by atoms with E-state index in [1.807, 2.05) is 19.1 Å². The smallest absolute Gasteiger partial charge is 0.179 e. The summed E-state index contributed by atoms with van der Waals surface area (Å²) < 4.78 is 8.46. The Hall–Kier alpha value is -1.20. The third kappa shape index (κ3) is 1.78. The van der Waals surface area contributed by atoms with Crippen LogP contribution < -0.4 is 0 Å². The summed E-state index contributed by atoms with van der Waals surface area (Å²) in [5.74, 6) is 0. The molecule has 0 radical (unpaired) electrons. The summed E-state index contributed by atoms with van der Waals surface area (Å²) in [5, 5.41) is 0. The lowest BCUT2D eigenvalue weighted by molar-refractivity contribution is 0.0756. The lowest BCUT2D eigenvalue weighted by Crippen LogP contribution is -2.21. The van der Waals surface area contributed by atoms with E-state index in [4.69, 9.17) is 17.0 Å². The van der Waals surface area contributed by atoms with Crippen LogP contribution in [0.15, 0.2) is 12.1 Å². The number of pyridine rings is 1. The van der Waals surface area contributed by atoms with Gasteiger partial charge in [-0.2, -0.15) is 0 Å². The Balaban J connectivity index is 2.18. The molecule has 0 saturated heterocycles. The minimum absolute atomic E-state index is 0.248. The van der Waals surface area contributed by atoms with E-state index in [1.165, 1.54) is 6.42 Å². The lowest BCUT2D eigenvalue weighted by atomic mass is 10.2. The van der Waals surface area contributed by atoms with Crippen LogP contribution in [0.4, 0.5) is 0 Å². The van der Waals surface area contributed by atoms with Crippen LogP contribution in [0.1, 0.15) is 31.0 Å². The van der Waals surface area contributed by atoms with Crippen LogP contribution in [0, 0.1) is 11.7 Å². The van der Waals surface area contributed by atoms with Crippen molar-refractivity contribution >= 4 is 23.4 Å². The van der Waals surface area contributed by atoms with Gasteiger partial charge >= 0.3 is 0 Å². The van der Waals surface area contributed by atoms with Crippen LogP contribution >= 0.6 is 12.2 Å². The van der Waals surface area contributed by atoms with E-state index in [9.17, 15) is 0 Å². The highest BCUT2D eigenvalue weighted by Crippen LogP contribution is 2.34. The second-order valence-corrected chi connectivity index (χ2v) is 5.28. The van der Waals surface area contributed by atoms with Gasteiger partial charge in [0.1, 0.15) is 0 Å². The molecule has 5 heteroatoms. The molecule has 1 fully saturated rings. The first-order valence-corrected chi connectivity index (χ1v) is 6.72. The van der Waals surface area contributed by atoms with Crippen LogP contribution in [-0.2, 0) is 4.74 Å². The largest absolute Gasteiger partial charge is 0.379 e. The van der Waals surface area contributed by atoms with Gasteiger partial charge in [0.25, 0.3) is 0 Å². The van der Waals surface area contributed by atoms with Gasteiger partial charge in [0.2, 0.25) is 0 Å². The summed E-state index contributed by atoms with van der Waals surface area (Å²) in [6.07, 6.45) is 3.64. The van der Waals surface area contributed by atoms with Gasteiger partial charge in [-0.1, -0.05) is 0 Å². The van der Waals surface area contributed by atoms with Gasteiger partial charge in [-0.05, 0) is 50.5 Å². The quantitative estimate of drug-likeness (QED) is 0.846. The zero-order chi connectivity index (χ0) is 12.7. The van der Waals surface area contributed by atoms with Gasteiger partial charge in [0.05, 0.1) is 17.7 Å². The second-order valence-electron chi connectivity index (χ2n) is 4.90. The van der Waals surface area contributed by atoms with Crippen molar-refractivity contribution in [2.24, 2.45) is 0 Å². The molecule has 1 saturated carbocycles. The van der Waals surface area contributed by atoms with Crippen molar-refractivity contribution in [1.29, 1.82) is 0 Å². The SMILES string of the molecule is COC1CCCC1n1c(=S)[nH]c2ccc(C)nc21. The van der Waals surface area contributed by atoms with Crippen molar-refractivity contribution in [2.45, 2.75) is 38.3 Å². The number of H-pyrrole nitrogens is 1. The first kappa shape index (κ1) is 11.9. The van der Waals surface area contributed by atoms with E-state index in [1.54, 1.807) is 7.11 Å². The highest BCUT2D eigenvalue weighted by Gasteiger charge is 2.30. The lowest BCUT2D eigenvalue weighted by Gasteiger charge is -2.20. The number of fused-ring (bicyclic) bond motifs is 1. The molecule has 2 aromatic heterocycles. The Morgan fingerprint density at radius 2 is 2.28 bits per heavy atom. The summed E-state index contributed by atoms with van der Waals surface area (Å²) in [4.78, 5) is 7.85. The maximum Gasteiger partial charge on any atom is 0.179 e. The van der Waals surface area contributed by atoms with Gasteiger partial charge in [0, 0.05) is 12.8 Å². The summed E-state index contributed by atoms with van der Waals surface area (Å²) in [5.41, 5.74) is 2.97. The Morgan fingerprint density at radius 1 is 1.44 bits per heavy atom. The number of nitrogens with zero attached hydrogens (tertiary/aromatic N) is 2. The summed E-state index contributed by atoms with van der Waals surface area (Å²) >= 11 is 5.45. The van der Waals surface area contributed by atoms with Gasteiger partial charge in [-0.25, -0.2) is 4.98 Å². The molecule has 3 rings (SSSR count). The number of nitrogens with one attached hydrogen (secondary N) is 1. The zero-order valence-corrected chi connectivity index (χ0v) is 11.5. The Labute approximate surface area is 111 Å². The average molecular weight is 263 g/mol. The standard InChI is InChI=1S/C13H17N3OS/c1-8-6-7-9-12(14-8)16(13(18)15-9)10-4-3-5-11(10)17-2/h6-7,10-11H,3-5H2,1-2H3,(H,15,18). The molecule has 4 nitrogen and oxygen atoms in total. The van der Waals surface area contributed by atoms with E-state index in [-0.39, 0.29) is 6.10 Å². The number of aryl methyl sites for hydroxylation is 1. The fourth-order valence-corrected chi connectivity index (χ4v) is 3.21. The maximum atomic E-state index is 5.57. The molecule has 1 aliphatic carbocycles. The van der Waals surface area contributed by atoms with Crippen molar-refractivity contribution in [1.82, 2.24) is 14.5 Å².